The predicted octanol–water partition coefficient (Wildman–Crippen LogP) is -0.953. The Hall–Kier alpha value is -1.48. The zero-order valence-electron chi connectivity index (χ0n) is 11.9. The van der Waals surface area contributed by atoms with Crippen LogP contribution in [0.4, 0.5) is 0 Å². The monoisotopic (exact) mass is 313 g/mol. The molecule has 4 N–H and O–H groups in total. The van der Waals surface area contributed by atoms with Crippen LogP contribution in [0, 0.1) is 6.92 Å². The second-order valence-electron chi connectivity index (χ2n) is 5.16. The highest BCUT2D eigenvalue weighted by atomic mass is 32.2. The van der Waals surface area contributed by atoms with Crippen molar-refractivity contribution in [1.29, 1.82) is 0 Å². The van der Waals surface area contributed by atoms with Crippen LogP contribution in [-0.2, 0) is 10.0 Å². The molecule has 0 aliphatic carbocycles. The van der Waals surface area contributed by atoms with Crippen molar-refractivity contribution < 1.29 is 18.3 Å². The Morgan fingerprint density at radius 2 is 2.10 bits per heavy atom. The summed E-state index contributed by atoms with van der Waals surface area (Å²) in [6.45, 7) is 2.42. The molecule has 0 spiro atoms. The molecular weight excluding hydrogens is 294 g/mol. The van der Waals surface area contributed by atoms with E-state index in [0.29, 0.717) is 18.7 Å². The summed E-state index contributed by atoms with van der Waals surface area (Å²) in [6.07, 6.45) is -0.758. The van der Waals surface area contributed by atoms with E-state index in [4.69, 9.17) is 5.73 Å². The van der Waals surface area contributed by atoms with Crippen molar-refractivity contribution in [2.45, 2.75) is 24.0 Å². The first kappa shape index (κ1) is 15.9. The molecular formula is C13H19N3O4S. The van der Waals surface area contributed by atoms with Crippen molar-refractivity contribution >= 4 is 15.9 Å². The van der Waals surface area contributed by atoms with Gasteiger partial charge in [-0.25, -0.2) is 8.42 Å². The maximum Gasteiger partial charge on any atom is 0.249 e. The van der Waals surface area contributed by atoms with E-state index in [1.807, 2.05) is 0 Å². The number of nitrogens with one attached hydrogen (secondary N) is 1. The number of carbonyl (C=O) groups excluding carboxylic acids is 1. The number of benzene rings is 1. The summed E-state index contributed by atoms with van der Waals surface area (Å²) < 4.78 is 26.3. The lowest BCUT2D eigenvalue weighted by molar-refractivity contribution is 0.0999. The van der Waals surface area contributed by atoms with Gasteiger partial charge in [-0.2, -0.15) is 4.31 Å². The van der Waals surface area contributed by atoms with Gasteiger partial charge in [-0.3, -0.25) is 4.79 Å². The molecule has 0 unspecified atom stereocenters. The number of aryl methyl sites for hydroxylation is 1. The van der Waals surface area contributed by atoms with Crippen LogP contribution in [0.3, 0.4) is 0 Å². The van der Waals surface area contributed by atoms with Crippen LogP contribution in [0.2, 0.25) is 0 Å². The smallest absolute Gasteiger partial charge is 0.249 e. The molecule has 1 aromatic rings. The number of carbonyl (C=O) groups is 1. The third-order valence-electron chi connectivity index (χ3n) is 3.77. The fourth-order valence-electron chi connectivity index (χ4n) is 2.39. The molecule has 2 atom stereocenters. The SMILES string of the molecule is Cc1ccc(S(=O)(=O)N(C)[C@H]2CNC[C@@H]2O)cc1C(N)=O. The summed E-state index contributed by atoms with van der Waals surface area (Å²) in [7, 11) is -2.39. The maximum absolute atomic E-state index is 12.6. The Balaban J connectivity index is 2.39. The minimum atomic E-state index is -3.80. The van der Waals surface area contributed by atoms with E-state index in [0.717, 1.165) is 4.31 Å². The van der Waals surface area contributed by atoms with Crippen LogP contribution in [0.1, 0.15) is 15.9 Å². The van der Waals surface area contributed by atoms with Gasteiger partial charge in [-0.05, 0) is 24.6 Å². The number of amides is 1. The van der Waals surface area contributed by atoms with Gasteiger partial charge in [-0.1, -0.05) is 6.07 Å². The molecule has 1 aromatic carbocycles. The van der Waals surface area contributed by atoms with Crippen molar-refractivity contribution in [3.05, 3.63) is 29.3 Å². The molecule has 7 nitrogen and oxygen atoms in total. The average Bonchev–Trinajstić information content (AvgIpc) is 2.83. The number of likely N-dealkylation sites (N-methyl/N-ethyl adjacent to an activating group) is 1. The van der Waals surface area contributed by atoms with Gasteiger partial charge in [0.2, 0.25) is 15.9 Å². The van der Waals surface area contributed by atoms with E-state index in [-0.39, 0.29) is 10.5 Å². The number of hydrogen-bond donors (Lipinski definition) is 3. The molecule has 1 aliphatic heterocycles. The summed E-state index contributed by atoms with van der Waals surface area (Å²) in [4.78, 5) is 11.3. The molecule has 0 saturated carbocycles. The Kier molecular flexibility index (Phi) is 4.33. The maximum atomic E-state index is 12.6. The van der Waals surface area contributed by atoms with Crippen molar-refractivity contribution in [1.82, 2.24) is 9.62 Å². The molecule has 1 aliphatic rings. The van der Waals surface area contributed by atoms with Gasteiger partial charge in [0.1, 0.15) is 0 Å². The zero-order valence-corrected chi connectivity index (χ0v) is 12.7. The van der Waals surface area contributed by atoms with E-state index in [9.17, 15) is 18.3 Å². The Morgan fingerprint density at radius 3 is 2.62 bits per heavy atom. The molecule has 116 valence electrons. The highest BCUT2D eigenvalue weighted by Crippen LogP contribution is 2.22. The number of aliphatic hydroxyl groups excluding tert-OH is 1. The molecule has 2 rings (SSSR count). The second kappa shape index (κ2) is 5.72. The molecule has 8 heteroatoms. The predicted molar refractivity (Wildman–Crippen MR) is 77.3 cm³/mol. The Labute approximate surface area is 123 Å². The largest absolute Gasteiger partial charge is 0.390 e. The number of nitrogens with two attached hydrogens (primary N) is 1. The van der Waals surface area contributed by atoms with Crippen LogP contribution in [0.5, 0.6) is 0 Å². The van der Waals surface area contributed by atoms with E-state index in [1.165, 1.54) is 19.2 Å². The number of hydrogen-bond acceptors (Lipinski definition) is 5. The molecule has 21 heavy (non-hydrogen) atoms. The molecule has 0 bridgehead atoms. The number of nitrogens with zero attached hydrogens (tertiary/aromatic N) is 1. The van der Waals surface area contributed by atoms with Crippen molar-refractivity contribution in [3.8, 4) is 0 Å². The van der Waals surface area contributed by atoms with Gasteiger partial charge in [0.05, 0.1) is 17.0 Å². The number of aliphatic hydroxyl groups is 1. The standard InChI is InChI=1S/C13H19N3O4S/c1-8-3-4-9(5-10(8)13(14)18)21(19,20)16(2)11-6-15-7-12(11)17/h3-5,11-12,15,17H,6-7H2,1-2H3,(H2,14,18)/t11-,12-/m0/s1. The molecule has 0 radical (unpaired) electrons. The minimum Gasteiger partial charge on any atom is -0.390 e. The van der Waals surface area contributed by atoms with Crippen LogP contribution in [-0.4, -0.2) is 56.0 Å². The van der Waals surface area contributed by atoms with Crippen LogP contribution >= 0.6 is 0 Å². The minimum absolute atomic E-state index is 0.0106. The number of primary amides is 1. The van der Waals surface area contributed by atoms with E-state index in [1.54, 1.807) is 13.0 Å². The summed E-state index contributed by atoms with van der Waals surface area (Å²) >= 11 is 0. The first-order chi connectivity index (χ1) is 9.75. The fraction of sp³-hybridized carbons (Fsp3) is 0.462. The number of sulfonamides is 1. The van der Waals surface area contributed by atoms with Crippen LogP contribution in [0.15, 0.2) is 23.1 Å². The second-order valence-corrected chi connectivity index (χ2v) is 7.15. The molecule has 1 heterocycles. The summed E-state index contributed by atoms with van der Waals surface area (Å²) in [6, 6.07) is 3.72. The first-order valence-electron chi connectivity index (χ1n) is 6.52. The molecule has 1 fully saturated rings. The van der Waals surface area contributed by atoms with E-state index >= 15 is 0 Å². The Morgan fingerprint density at radius 1 is 1.43 bits per heavy atom. The lowest BCUT2D eigenvalue weighted by Crippen LogP contribution is -2.44. The molecule has 1 amide bonds. The summed E-state index contributed by atoms with van der Waals surface area (Å²) in [5.74, 6) is -0.672. The normalized spacial score (nSPS) is 22.7. The highest BCUT2D eigenvalue weighted by Gasteiger charge is 2.35. The van der Waals surface area contributed by atoms with Crippen molar-refractivity contribution in [3.63, 3.8) is 0 Å². The topological polar surface area (TPSA) is 113 Å². The third kappa shape index (κ3) is 2.93. The lowest BCUT2D eigenvalue weighted by Gasteiger charge is -2.25. The van der Waals surface area contributed by atoms with Gasteiger partial charge in [0.15, 0.2) is 0 Å². The average molecular weight is 313 g/mol. The third-order valence-corrected chi connectivity index (χ3v) is 5.65. The van der Waals surface area contributed by atoms with Crippen LogP contribution in [0.25, 0.3) is 0 Å². The highest BCUT2D eigenvalue weighted by molar-refractivity contribution is 7.89. The van der Waals surface area contributed by atoms with Gasteiger partial charge >= 0.3 is 0 Å². The van der Waals surface area contributed by atoms with Crippen molar-refractivity contribution in [2.75, 3.05) is 20.1 Å². The van der Waals surface area contributed by atoms with E-state index in [2.05, 4.69) is 5.32 Å². The summed E-state index contributed by atoms with van der Waals surface area (Å²) in [5.41, 5.74) is 6.04. The van der Waals surface area contributed by atoms with E-state index < -0.39 is 28.1 Å². The number of β-amino-alcohol motifs (C(OH)–C–C–N with tert-alkyl or cyclic N) is 1. The molecule has 0 aromatic heterocycles. The van der Waals surface area contributed by atoms with Gasteiger partial charge < -0.3 is 16.2 Å². The van der Waals surface area contributed by atoms with Crippen LogP contribution < -0.4 is 11.1 Å². The van der Waals surface area contributed by atoms with Crippen molar-refractivity contribution in [2.24, 2.45) is 5.73 Å². The first-order valence-corrected chi connectivity index (χ1v) is 7.96. The summed E-state index contributed by atoms with van der Waals surface area (Å²) in [5, 5.41) is 12.7. The Bertz CT molecular complexity index is 659. The van der Waals surface area contributed by atoms with Gasteiger partial charge in [-0.15, -0.1) is 0 Å². The van der Waals surface area contributed by atoms with Gasteiger partial charge in [0, 0.05) is 25.7 Å². The van der Waals surface area contributed by atoms with Gasteiger partial charge in [0.25, 0.3) is 0 Å². The molecule has 1 saturated heterocycles. The lowest BCUT2D eigenvalue weighted by atomic mass is 10.1. The number of rotatable bonds is 4. The quantitative estimate of drug-likeness (QED) is 0.663. The zero-order chi connectivity index (χ0) is 15.8. The fourth-order valence-corrected chi connectivity index (χ4v) is 3.80.